The van der Waals surface area contributed by atoms with Crippen LogP contribution in [0.25, 0.3) is 10.9 Å². The summed E-state index contributed by atoms with van der Waals surface area (Å²) in [4.78, 5) is 23.1. The van der Waals surface area contributed by atoms with Crippen molar-refractivity contribution in [2.24, 2.45) is 0 Å². The molecule has 0 aliphatic rings. The van der Waals surface area contributed by atoms with Gasteiger partial charge >= 0.3 is 5.97 Å². The van der Waals surface area contributed by atoms with Gasteiger partial charge in [0, 0.05) is 18.0 Å². The molecule has 0 fully saturated rings. The smallest absolute Gasteiger partial charge is 0.305 e. The third-order valence-corrected chi connectivity index (χ3v) is 4.04. The molecule has 0 aliphatic heterocycles. The van der Waals surface area contributed by atoms with Gasteiger partial charge in [-0.1, -0.05) is 42.0 Å². The number of rotatable bonds is 6. The number of hydrogen-bond donors (Lipinski definition) is 1. The molecule has 3 rings (SSSR count). The summed E-state index contributed by atoms with van der Waals surface area (Å²) in [5, 5.41) is 9.77. The summed E-state index contributed by atoms with van der Waals surface area (Å²) in [5.41, 5.74) is 2.60. The number of aryl methyl sites for hydroxylation is 2. The Hall–Kier alpha value is -3.08. The number of nitrogens with zero attached hydrogens (tertiary/aromatic N) is 1. The van der Waals surface area contributed by atoms with Gasteiger partial charge in [-0.05, 0) is 24.6 Å². The van der Waals surface area contributed by atoms with Crippen LogP contribution in [0.2, 0.25) is 0 Å². The van der Waals surface area contributed by atoms with Crippen LogP contribution in [-0.2, 0) is 17.9 Å². The second-order valence-corrected chi connectivity index (χ2v) is 5.94. The van der Waals surface area contributed by atoms with Crippen LogP contribution in [0.1, 0.15) is 17.5 Å². The predicted molar refractivity (Wildman–Crippen MR) is 96.0 cm³/mol. The zero-order valence-corrected chi connectivity index (χ0v) is 13.9. The molecule has 0 aliphatic carbocycles. The number of benzene rings is 2. The first kappa shape index (κ1) is 16.8. The fraction of sp³-hybridized carbons (Fsp3) is 0.200. The van der Waals surface area contributed by atoms with Crippen LogP contribution < -0.4 is 10.3 Å². The molecule has 0 bridgehead atoms. The van der Waals surface area contributed by atoms with Crippen molar-refractivity contribution in [3.8, 4) is 5.75 Å². The number of aromatic nitrogens is 1. The van der Waals surface area contributed by atoms with Crippen molar-refractivity contribution < 1.29 is 14.6 Å². The molecule has 5 nitrogen and oxygen atoms in total. The lowest BCUT2D eigenvalue weighted by Gasteiger charge is -2.14. The van der Waals surface area contributed by atoms with Crippen molar-refractivity contribution in [2.75, 3.05) is 0 Å². The average Bonchev–Trinajstić information content (AvgIpc) is 2.60. The van der Waals surface area contributed by atoms with Crippen molar-refractivity contribution in [3.05, 3.63) is 76.1 Å². The zero-order valence-electron chi connectivity index (χ0n) is 13.9. The number of para-hydroxylation sites is 1. The Bertz CT molecular complexity index is 958. The van der Waals surface area contributed by atoms with Gasteiger partial charge in [0.15, 0.2) is 0 Å². The minimum Gasteiger partial charge on any atom is -0.487 e. The summed E-state index contributed by atoms with van der Waals surface area (Å²) in [6, 6.07) is 16.8. The molecule has 5 heteroatoms. The molecule has 1 N–H and O–H groups in total. The molecule has 0 saturated heterocycles. The summed E-state index contributed by atoms with van der Waals surface area (Å²) in [6.45, 7) is 2.51. The fourth-order valence-corrected chi connectivity index (χ4v) is 2.72. The van der Waals surface area contributed by atoms with E-state index in [1.807, 2.05) is 43.3 Å². The van der Waals surface area contributed by atoms with Gasteiger partial charge in [0.25, 0.3) is 5.56 Å². The summed E-state index contributed by atoms with van der Waals surface area (Å²) in [7, 11) is 0. The van der Waals surface area contributed by atoms with Crippen molar-refractivity contribution in [1.29, 1.82) is 0 Å². The molecule has 25 heavy (non-hydrogen) atoms. The van der Waals surface area contributed by atoms with Crippen molar-refractivity contribution >= 4 is 16.9 Å². The van der Waals surface area contributed by atoms with Gasteiger partial charge in [-0.15, -0.1) is 0 Å². The normalized spacial score (nSPS) is 10.8. The highest BCUT2D eigenvalue weighted by Gasteiger charge is 2.10. The molecule has 1 heterocycles. The Morgan fingerprint density at radius 2 is 1.84 bits per heavy atom. The van der Waals surface area contributed by atoms with E-state index in [9.17, 15) is 9.59 Å². The van der Waals surface area contributed by atoms with Crippen LogP contribution in [0.5, 0.6) is 5.75 Å². The van der Waals surface area contributed by atoms with Gasteiger partial charge in [-0.3, -0.25) is 9.59 Å². The maximum absolute atomic E-state index is 12.2. The van der Waals surface area contributed by atoms with E-state index in [1.165, 1.54) is 16.2 Å². The van der Waals surface area contributed by atoms with Crippen LogP contribution in [0, 0.1) is 6.92 Å². The van der Waals surface area contributed by atoms with Gasteiger partial charge in [-0.2, -0.15) is 0 Å². The number of carbonyl (C=O) groups is 1. The number of pyridine rings is 1. The molecule has 0 saturated carbocycles. The van der Waals surface area contributed by atoms with E-state index >= 15 is 0 Å². The van der Waals surface area contributed by atoms with Crippen LogP contribution in [0.15, 0.2) is 59.4 Å². The summed E-state index contributed by atoms with van der Waals surface area (Å²) < 4.78 is 7.41. The van der Waals surface area contributed by atoms with Crippen LogP contribution in [-0.4, -0.2) is 15.6 Å². The Balaban J connectivity index is 1.96. The van der Waals surface area contributed by atoms with Gasteiger partial charge in [0.2, 0.25) is 0 Å². The maximum atomic E-state index is 12.2. The highest BCUT2D eigenvalue weighted by molar-refractivity contribution is 5.85. The highest BCUT2D eigenvalue weighted by Crippen LogP contribution is 2.25. The van der Waals surface area contributed by atoms with E-state index in [0.29, 0.717) is 17.9 Å². The van der Waals surface area contributed by atoms with Crippen LogP contribution in [0.3, 0.4) is 0 Å². The maximum Gasteiger partial charge on any atom is 0.305 e. The minimum absolute atomic E-state index is 0.108. The monoisotopic (exact) mass is 337 g/mol. The van der Waals surface area contributed by atoms with Crippen LogP contribution >= 0.6 is 0 Å². The largest absolute Gasteiger partial charge is 0.487 e. The Morgan fingerprint density at radius 1 is 1.08 bits per heavy atom. The number of aliphatic carboxylic acids is 1. The van der Waals surface area contributed by atoms with Crippen molar-refractivity contribution in [1.82, 2.24) is 4.57 Å². The lowest BCUT2D eigenvalue weighted by Crippen LogP contribution is -2.21. The number of ether oxygens (including phenoxy) is 1. The van der Waals surface area contributed by atoms with E-state index in [1.54, 1.807) is 12.1 Å². The fourth-order valence-electron chi connectivity index (χ4n) is 2.72. The third-order valence-electron chi connectivity index (χ3n) is 4.04. The number of carboxylic acid groups (broad SMARTS) is 1. The average molecular weight is 337 g/mol. The number of fused-ring (bicyclic) bond motifs is 1. The summed E-state index contributed by atoms with van der Waals surface area (Å²) >= 11 is 0. The lowest BCUT2D eigenvalue weighted by atomic mass is 10.1. The van der Waals surface area contributed by atoms with E-state index < -0.39 is 5.97 Å². The first-order valence-corrected chi connectivity index (χ1v) is 8.07. The Morgan fingerprint density at radius 3 is 2.56 bits per heavy atom. The van der Waals surface area contributed by atoms with E-state index in [-0.39, 0.29) is 18.5 Å². The molecule has 0 unspecified atom stereocenters. The van der Waals surface area contributed by atoms with Gasteiger partial charge in [0.05, 0.1) is 11.9 Å². The Kier molecular flexibility index (Phi) is 4.84. The van der Waals surface area contributed by atoms with E-state index in [4.69, 9.17) is 9.84 Å². The van der Waals surface area contributed by atoms with Gasteiger partial charge in [0.1, 0.15) is 12.4 Å². The molecule has 0 spiro atoms. The molecule has 0 atom stereocenters. The van der Waals surface area contributed by atoms with Gasteiger partial charge < -0.3 is 14.4 Å². The molecule has 1 aromatic heterocycles. The first-order valence-electron chi connectivity index (χ1n) is 8.07. The van der Waals surface area contributed by atoms with E-state index in [2.05, 4.69) is 0 Å². The number of carboxylic acids is 1. The SMILES string of the molecule is Cc1ccc(COc2cccc3ccc(=O)n(CCC(=O)O)c23)cc1. The third kappa shape index (κ3) is 3.88. The Labute approximate surface area is 145 Å². The molecular weight excluding hydrogens is 318 g/mol. The first-order chi connectivity index (χ1) is 12.0. The predicted octanol–water partition coefficient (Wildman–Crippen LogP) is 3.36. The second-order valence-electron chi connectivity index (χ2n) is 5.94. The van der Waals surface area contributed by atoms with Crippen molar-refractivity contribution in [2.45, 2.75) is 26.5 Å². The number of hydrogen-bond acceptors (Lipinski definition) is 3. The minimum atomic E-state index is -0.943. The summed E-state index contributed by atoms with van der Waals surface area (Å²) in [6.07, 6.45) is -0.120. The molecular formula is C20H19NO4. The quantitative estimate of drug-likeness (QED) is 0.749. The topological polar surface area (TPSA) is 68.5 Å². The molecule has 0 radical (unpaired) electrons. The zero-order chi connectivity index (χ0) is 17.8. The molecule has 0 amide bonds. The van der Waals surface area contributed by atoms with Gasteiger partial charge in [-0.25, -0.2) is 0 Å². The second kappa shape index (κ2) is 7.21. The summed E-state index contributed by atoms with van der Waals surface area (Å²) in [5.74, 6) is -0.372. The van der Waals surface area contributed by atoms with Crippen molar-refractivity contribution in [3.63, 3.8) is 0 Å². The highest BCUT2D eigenvalue weighted by atomic mass is 16.5. The molecule has 128 valence electrons. The van der Waals surface area contributed by atoms with Crippen LogP contribution in [0.4, 0.5) is 0 Å². The van der Waals surface area contributed by atoms with E-state index in [0.717, 1.165) is 10.9 Å². The molecule has 3 aromatic rings. The lowest BCUT2D eigenvalue weighted by molar-refractivity contribution is -0.137. The standard InChI is InChI=1S/C20H19NO4/c1-14-5-7-15(8-6-14)13-25-17-4-2-3-16-9-10-18(22)21(20(16)17)12-11-19(23)24/h2-10H,11-13H2,1H3,(H,23,24). The molecule has 2 aromatic carbocycles.